The second-order valence-corrected chi connectivity index (χ2v) is 8.48. The fraction of sp³-hybridized carbons (Fsp3) is 0.278. The van der Waals surface area contributed by atoms with Crippen molar-refractivity contribution in [2.45, 2.75) is 18.9 Å². The first-order valence-electron chi connectivity index (χ1n) is 7.71. The molecule has 1 saturated heterocycles. The van der Waals surface area contributed by atoms with Crippen molar-refractivity contribution in [3.8, 4) is 11.5 Å². The largest absolute Gasteiger partial charge is 0.457 e. The molecule has 1 heterocycles. The Hall–Kier alpha value is -2.34. The second-order valence-electron chi connectivity index (χ2n) is 6.30. The molecule has 1 aliphatic heterocycles. The minimum Gasteiger partial charge on any atom is -0.457 e. The molecule has 5 nitrogen and oxygen atoms in total. The van der Waals surface area contributed by atoms with Gasteiger partial charge in [-0.05, 0) is 49.7 Å². The molecular weight excluding hydrogens is 326 g/mol. The van der Waals surface area contributed by atoms with E-state index >= 15 is 0 Å². The zero-order valence-corrected chi connectivity index (χ0v) is 14.2. The summed E-state index contributed by atoms with van der Waals surface area (Å²) in [5.74, 6) is 1.18. The van der Waals surface area contributed by atoms with Gasteiger partial charge >= 0.3 is 0 Å². The monoisotopic (exact) mass is 345 g/mol. The molecule has 1 atom stereocenters. The maximum Gasteiger partial charge on any atom is 0.251 e. The summed E-state index contributed by atoms with van der Waals surface area (Å²) in [5, 5.41) is 2.84. The standard InChI is InChI=1S/C18H19NO4S/c1-18(11-12-24(21,22)13-18)19-17(20)14-7-9-16(10-8-14)23-15-5-3-2-4-6-15/h2-10H,11-13H2,1H3,(H,19,20). The van der Waals surface area contributed by atoms with Crippen LogP contribution in [-0.2, 0) is 9.84 Å². The number of nitrogens with one attached hydrogen (secondary N) is 1. The highest BCUT2D eigenvalue weighted by molar-refractivity contribution is 7.91. The van der Waals surface area contributed by atoms with E-state index in [0.29, 0.717) is 17.7 Å². The van der Waals surface area contributed by atoms with E-state index in [9.17, 15) is 13.2 Å². The summed E-state index contributed by atoms with van der Waals surface area (Å²) in [6, 6.07) is 16.1. The van der Waals surface area contributed by atoms with Gasteiger partial charge in [-0.25, -0.2) is 8.42 Å². The molecule has 0 aliphatic carbocycles. The number of sulfone groups is 1. The van der Waals surface area contributed by atoms with Crippen molar-refractivity contribution in [1.82, 2.24) is 5.32 Å². The van der Waals surface area contributed by atoms with Crippen LogP contribution in [0.5, 0.6) is 11.5 Å². The molecule has 0 spiro atoms. The van der Waals surface area contributed by atoms with E-state index in [4.69, 9.17) is 4.74 Å². The van der Waals surface area contributed by atoms with E-state index in [-0.39, 0.29) is 17.4 Å². The van der Waals surface area contributed by atoms with Crippen molar-refractivity contribution in [1.29, 1.82) is 0 Å². The van der Waals surface area contributed by atoms with E-state index in [1.165, 1.54) is 0 Å². The SMILES string of the molecule is CC1(NC(=O)c2ccc(Oc3ccccc3)cc2)CCS(=O)(=O)C1. The Kier molecular flexibility index (Phi) is 4.32. The highest BCUT2D eigenvalue weighted by atomic mass is 32.2. The van der Waals surface area contributed by atoms with E-state index in [1.54, 1.807) is 31.2 Å². The highest BCUT2D eigenvalue weighted by Gasteiger charge is 2.39. The Morgan fingerprint density at radius 2 is 1.67 bits per heavy atom. The topological polar surface area (TPSA) is 72.5 Å². The Bertz CT molecular complexity index is 831. The van der Waals surface area contributed by atoms with Gasteiger partial charge in [0.15, 0.2) is 9.84 Å². The second kappa shape index (κ2) is 6.28. The van der Waals surface area contributed by atoms with Crippen LogP contribution in [0.1, 0.15) is 23.7 Å². The third-order valence-electron chi connectivity index (χ3n) is 4.01. The number of carbonyl (C=O) groups excluding carboxylic acids is 1. The average Bonchev–Trinajstić information content (AvgIpc) is 2.82. The summed E-state index contributed by atoms with van der Waals surface area (Å²) in [6.45, 7) is 1.77. The lowest BCUT2D eigenvalue weighted by Crippen LogP contribution is -2.46. The van der Waals surface area contributed by atoms with Crippen molar-refractivity contribution >= 4 is 15.7 Å². The summed E-state index contributed by atoms with van der Waals surface area (Å²) < 4.78 is 28.9. The van der Waals surface area contributed by atoms with Crippen molar-refractivity contribution in [2.75, 3.05) is 11.5 Å². The van der Waals surface area contributed by atoms with Crippen LogP contribution in [0.15, 0.2) is 54.6 Å². The molecule has 2 aromatic carbocycles. The summed E-state index contributed by atoms with van der Waals surface area (Å²) in [7, 11) is -3.06. The van der Waals surface area contributed by atoms with Crippen LogP contribution in [0, 0.1) is 0 Å². The van der Waals surface area contributed by atoms with E-state index in [2.05, 4.69) is 5.32 Å². The van der Waals surface area contributed by atoms with Gasteiger partial charge in [0, 0.05) is 5.56 Å². The lowest BCUT2D eigenvalue weighted by molar-refractivity contribution is 0.0915. The summed E-state index contributed by atoms with van der Waals surface area (Å²) in [4.78, 5) is 12.3. The van der Waals surface area contributed by atoms with Gasteiger partial charge in [0.25, 0.3) is 5.91 Å². The van der Waals surface area contributed by atoms with Gasteiger partial charge < -0.3 is 10.1 Å². The van der Waals surface area contributed by atoms with Gasteiger partial charge in [0.05, 0.1) is 17.0 Å². The molecule has 0 bridgehead atoms. The number of hydrogen-bond donors (Lipinski definition) is 1. The summed E-state index contributed by atoms with van der Waals surface area (Å²) in [6.07, 6.45) is 0.441. The molecule has 1 fully saturated rings. The highest BCUT2D eigenvalue weighted by Crippen LogP contribution is 2.24. The van der Waals surface area contributed by atoms with Gasteiger partial charge in [-0.15, -0.1) is 0 Å². The fourth-order valence-electron chi connectivity index (χ4n) is 2.75. The minimum atomic E-state index is -3.06. The average molecular weight is 345 g/mol. The first-order valence-corrected chi connectivity index (χ1v) is 9.53. The number of hydrogen-bond acceptors (Lipinski definition) is 4. The molecule has 1 aliphatic rings. The van der Waals surface area contributed by atoms with Crippen molar-refractivity contribution in [3.63, 3.8) is 0 Å². The number of benzene rings is 2. The van der Waals surface area contributed by atoms with E-state index < -0.39 is 15.4 Å². The molecule has 1 amide bonds. The molecule has 3 rings (SSSR count). The molecular formula is C18H19NO4S. The Morgan fingerprint density at radius 3 is 2.25 bits per heavy atom. The smallest absolute Gasteiger partial charge is 0.251 e. The molecule has 24 heavy (non-hydrogen) atoms. The van der Waals surface area contributed by atoms with Crippen molar-refractivity contribution in [3.05, 3.63) is 60.2 Å². The van der Waals surface area contributed by atoms with Crippen LogP contribution in [0.2, 0.25) is 0 Å². The minimum absolute atomic E-state index is 0.0130. The maximum atomic E-state index is 12.3. The first-order chi connectivity index (χ1) is 11.4. The number of ether oxygens (including phenoxy) is 1. The zero-order chi connectivity index (χ0) is 17.2. The van der Waals surface area contributed by atoms with Gasteiger partial charge in [-0.1, -0.05) is 18.2 Å². The molecule has 126 valence electrons. The summed E-state index contributed by atoms with van der Waals surface area (Å²) in [5.41, 5.74) is -0.226. The van der Waals surface area contributed by atoms with Crippen LogP contribution in [0.25, 0.3) is 0 Å². The van der Waals surface area contributed by atoms with Gasteiger partial charge in [-0.2, -0.15) is 0 Å². The van der Waals surface area contributed by atoms with Gasteiger partial charge in [0.1, 0.15) is 11.5 Å². The van der Waals surface area contributed by atoms with Crippen LogP contribution in [0.4, 0.5) is 0 Å². The lowest BCUT2D eigenvalue weighted by atomic mass is 10.0. The normalized spacial score (nSPS) is 22.0. The molecule has 0 saturated carbocycles. The molecule has 1 N–H and O–H groups in total. The number of amides is 1. The Morgan fingerprint density at radius 1 is 1.04 bits per heavy atom. The van der Waals surface area contributed by atoms with Crippen LogP contribution < -0.4 is 10.1 Å². The Labute approximate surface area is 141 Å². The van der Waals surface area contributed by atoms with E-state index in [0.717, 1.165) is 5.75 Å². The predicted molar refractivity (Wildman–Crippen MR) is 92.1 cm³/mol. The van der Waals surface area contributed by atoms with Crippen molar-refractivity contribution in [2.24, 2.45) is 0 Å². The summed E-state index contributed by atoms with van der Waals surface area (Å²) >= 11 is 0. The predicted octanol–water partition coefficient (Wildman–Crippen LogP) is 2.79. The zero-order valence-electron chi connectivity index (χ0n) is 13.4. The molecule has 6 heteroatoms. The quantitative estimate of drug-likeness (QED) is 0.925. The van der Waals surface area contributed by atoms with Crippen LogP contribution in [-0.4, -0.2) is 31.4 Å². The number of rotatable bonds is 4. The van der Waals surface area contributed by atoms with Crippen LogP contribution >= 0.6 is 0 Å². The van der Waals surface area contributed by atoms with E-state index in [1.807, 2.05) is 30.3 Å². The number of carbonyl (C=O) groups is 1. The maximum absolute atomic E-state index is 12.3. The first kappa shape index (κ1) is 16.5. The Balaban J connectivity index is 1.66. The lowest BCUT2D eigenvalue weighted by Gasteiger charge is -2.23. The molecule has 0 radical (unpaired) electrons. The molecule has 2 aromatic rings. The third-order valence-corrected chi connectivity index (χ3v) is 5.92. The fourth-order valence-corrected chi connectivity index (χ4v) is 4.85. The third kappa shape index (κ3) is 3.94. The number of para-hydroxylation sites is 1. The van der Waals surface area contributed by atoms with Crippen molar-refractivity contribution < 1.29 is 17.9 Å². The molecule has 1 unspecified atom stereocenters. The van der Waals surface area contributed by atoms with Gasteiger partial charge in [0.2, 0.25) is 0 Å². The molecule has 0 aromatic heterocycles. The van der Waals surface area contributed by atoms with Gasteiger partial charge in [-0.3, -0.25) is 4.79 Å². The van der Waals surface area contributed by atoms with Crippen LogP contribution in [0.3, 0.4) is 0 Å².